The molecule has 18 heavy (non-hydrogen) atoms. The van der Waals surface area contributed by atoms with Gasteiger partial charge < -0.3 is 10.3 Å². The van der Waals surface area contributed by atoms with Gasteiger partial charge in [-0.25, -0.2) is 4.98 Å². The highest BCUT2D eigenvalue weighted by Crippen LogP contribution is 2.21. The largest absolute Gasteiger partial charge is 0.398 e. The number of hydrogen-bond donors (Lipinski definition) is 1. The number of halogens is 1. The number of hydrogen-bond acceptors (Lipinski definition) is 3. The second-order valence-electron chi connectivity index (χ2n) is 4.11. The maximum atomic E-state index is 12.0. The average molecular weight is 308 g/mol. The Balaban J connectivity index is 2.04. The number of aryl methyl sites for hydroxylation is 2. The smallest absolute Gasteiger partial charge is 0.163 e. The molecular formula is C13H14BrN3O. The summed E-state index contributed by atoms with van der Waals surface area (Å²) < 4.78 is 2.68. The van der Waals surface area contributed by atoms with Crippen LogP contribution in [0, 0.1) is 0 Å². The second kappa shape index (κ2) is 5.35. The van der Waals surface area contributed by atoms with Crippen LogP contribution in [0.5, 0.6) is 0 Å². The van der Waals surface area contributed by atoms with E-state index in [4.69, 9.17) is 5.73 Å². The molecule has 0 aliphatic rings. The molecule has 0 radical (unpaired) electrons. The zero-order chi connectivity index (χ0) is 13.1. The molecule has 2 N–H and O–H groups in total. The van der Waals surface area contributed by atoms with E-state index in [1.165, 1.54) is 0 Å². The summed E-state index contributed by atoms with van der Waals surface area (Å²) in [6.45, 7) is 0. The third-order valence-corrected chi connectivity index (χ3v) is 3.51. The number of ketones is 1. The molecular weight excluding hydrogens is 294 g/mol. The van der Waals surface area contributed by atoms with E-state index in [1.807, 2.05) is 17.8 Å². The number of nitrogen functional groups attached to an aromatic ring is 1. The topological polar surface area (TPSA) is 60.9 Å². The van der Waals surface area contributed by atoms with Gasteiger partial charge in [-0.2, -0.15) is 0 Å². The fourth-order valence-electron chi connectivity index (χ4n) is 1.71. The van der Waals surface area contributed by atoms with Crippen LogP contribution >= 0.6 is 15.9 Å². The normalized spacial score (nSPS) is 10.6. The van der Waals surface area contributed by atoms with Crippen LogP contribution in [-0.4, -0.2) is 15.3 Å². The van der Waals surface area contributed by atoms with Crippen molar-refractivity contribution < 1.29 is 4.79 Å². The molecule has 4 nitrogen and oxygen atoms in total. The number of carbonyl (C=O) groups excluding carboxylic acids is 1. The first-order valence-electron chi connectivity index (χ1n) is 5.62. The van der Waals surface area contributed by atoms with Gasteiger partial charge in [-0.3, -0.25) is 4.79 Å². The second-order valence-corrected chi connectivity index (χ2v) is 4.97. The van der Waals surface area contributed by atoms with Crippen LogP contribution in [0.3, 0.4) is 0 Å². The Morgan fingerprint density at radius 2 is 2.28 bits per heavy atom. The van der Waals surface area contributed by atoms with Crippen molar-refractivity contribution in [2.45, 2.75) is 12.8 Å². The highest BCUT2D eigenvalue weighted by molar-refractivity contribution is 9.10. The lowest BCUT2D eigenvalue weighted by molar-refractivity contribution is 0.0982. The summed E-state index contributed by atoms with van der Waals surface area (Å²) in [5, 5.41) is 0. The van der Waals surface area contributed by atoms with Crippen molar-refractivity contribution in [3.63, 3.8) is 0 Å². The van der Waals surface area contributed by atoms with Crippen molar-refractivity contribution in [1.82, 2.24) is 9.55 Å². The van der Waals surface area contributed by atoms with Gasteiger partial charge in [-0.15, -0.1) is 0 Å². The molecule has 2 rings (SSSR count). The molecule has 0 spiro atoms. The zero-order valence-electron chi connectivity index (χ0n) is 10.1. The van der Waals surface area contributed by atoms with Gasteiger partial charge >= 0.3 is 0 Å². The molecule has 0 atom stereocenters. The highest BCUT2D eigenvalue weighted by Gasteiger charge is 2.09. The Hall–Kier alpha value is -1.62. The Morgan fingerprint density at radius 1 is 1.50 bits per heavy atom. The SMILES string of the molecule is Cn1ccnc1CCC(=O)c1ccc(N)c(Br)c1. The Bertz CT molecular complexity index is 577. The van der Waals surface area contributed by atoms with Gasteiger partial charge in [0.05, 0.1) is 0 Å². The standard InChI is InChI=1S/C13H14BrN3O/c1-17-7-6-16-13(17)5-4-12(18)9-2-3-11(15)10(14)8-9/h2-3,6-8H,4-5,15H2,1H3. The number of benzene rings is 1. The van der Waals surface area contributed by atoms with Crippen LogP contribution in [0.1, 0.15) is 22.6 Å². The molecule has 2 aromatic rings. The Labute approximate surface area is 114 Å². The molecule has 0 saturated heterocycles. The average Bonchev–Trinajstić information content (AvgIpc) is 2.75. The molecule has 0 bridgehead atoms. The van der Waals surface area contributed by atoms with Gasteiger partial charge in [0.2, 0.25) is 0 Å². The highest BCUT2D eigenvalue weighted by atomic mass is 79.9. The number of rotatable bonds is 4. The predicted octanol–water partition coefficient (Wildman–Crippen LogP) is 2.58. The van der Waals surface area contributed by atoms with Crippen LogP contribution in [-0.2, 0) is 13.5 Å². The summed E-state index contributed by atoms with van der Waals surface area (Å²) in [5.74, 6) is 1.01. The number of nitrogens with two attached hydrogens (primary N) is 1. The Morgan fingerprint density at radius 3 is 2.89 bits per heavy atom. The van der Waals surface area contributed by atoms with E-state index in [2.05, 4.69) is 20.9 Å². The fourth-order valence-corrected chi connectivity index (χ4v) is 2.09. The van der Waals surface area contributed by atoms with E-state index in [0.717, 1.165) is 10.3 Å². The number of imidazole rings is 1. The number of nitrogens with zero attached hydrogens (tertiary/aromatic N) is 2. The van der Waals surface area contributed by atoms with Gasteiger partial charge in [-0.1, -0.05) is 0 Å². The summed E-state index contributed by atoms with van der Waals surface area (Å²) in [6, 6.07) is 5.25. The molecule has 1 heterocycles. The van der Waals surface area contributed by atoms with Crippen LogP contribution in [0.25, 0.3) is 0 Å². The minimum atomic E-state index is 0.0960. The van der Waals surface area contributed by atoms with E-state index in [0.29, 0.717) is 24.1 Å². The minimum absolute atomic E-state index is 0.0960. The van der Waals surface area contributed by atoms with E-state index in [-0.39, 0.29) is 5.78 Å². The number of carbonyl (C=O) groups is 1. The van der Waals surface area contributed by atoms with Crippen molar-refractivity contribution in [2.24, 2.45) is 7.05 Å². The van der Waals surface area contributed by atoms with Crippen molar-refractivity contribution in [2.75, 3.05) is 5.73 Å². The Kier molecular flexibility index (Phi) is 3.81. The van der Waals surface area contributed by atoms with Gasteiger partial charge in [0.1, 0.15) is 5.82 Å². The lowest BCUT2D eigenvalue weighted by Gasteiger charge is -2.04. The summed E-state index contributed by atoms with van der Waals surface area (Å²) in [4.78, 5) is 16.2. The summed E-state index contributed by atoms with van der Waals surface area (Å²) in [7, 11) is 1.92. The van der Waals surface area contributed by atoms with Crippen LogP contribution in [0.2, 0.25) is 0 Å². The van der Waals surface area contributed by atoms with Gasteiger partial charge in [0.15, 0.2) is 5.78 Å². The monoisotopic (exact) mass is 307 g/mol. The molecule has 0 fully saturated rings. The first kappa shape index (κ1) is 12.8. The summed E-state index contributed by atoms with van der Waals surface area (Å²) in [6.07, 6.45) is 4.70. The summed E-state index contributed by atoms with van der Waals surface area (Å²) >= 11 is 3.32. The molecule has 0 saturated carbocycles. The maximum Gasteiger partial charge on any atom is 0.163 e. The molecule has 1 aromatic carbocycles. The van der Waals surface area contributed by atoms with Gasteiger partial charge in [-0.05, 0) is 34.1 Å². The minimum Gasteiger partial charge on any atom is -0.398 e. The van der Waals surface area contributed by atoms with Gasteiger partial charge in [0, 0.05) is 48.0 Å². The van der Waals surface area contributed by atoms with E-state index in [9.17, 15) is 4.79 Å². The van der Waals surface area contributed by atoms with E-state index >= 15 is 0 Å². The van der Waals surface area contributed by atoms with Gasteiger partial charge in [0.25, 0.3) is 0 Å². The quantitative estimate of drug-likeness (QED) is 0.697. The molecule has 94 valence electrons. The third kappa shape index (κ3) is 2.79. The molecule has 1 aromatic heterocycles. The molecule has 0 amide bonds. The lowest BCUT2D eigenvalue weighted by Crippen LogP contribution is -2.05. The number of aromatic nitrogens is 2. The van der Waals surface area contributed by atoms with Crippen molar-refractivity contribution in [3.8, 4) is 0 Å². The van der Waals surface area contributed by atoms with Crippen molar-refractivity contribution >= 4 is 27.4 Å². The molecule has 0 aliphatic heterocycles. The zero-order valence-corrected chi connectivity index (χ0v) is 11.6. The number of Topliss-reactive ketones (excluding diaryl/α,β-unsaturated/α-hetero) is 1. The van der Waals surface area contributed by atoms with Crippen molar-refractivity contribution in [1.29, 1.82) is 0 Å². The molecule has 5 heteroatoms. The van der Waals surface area contributed by atoms with E-state index in [1.54, 1.807) is 24.4 Å². The van der Waals surface area contributed by atoms with Crippen LogP contribution in [0.15, 0.2) is 35.1 Å². The predicted molar refractivity (Wildman–Crippen MR) is 74.4 cm³/mol. The third-order valence-electron chi connectivity index (χ3n) is 2.82. The molecule has 0 unspecified atom stereocenters. The van der Waals surface area contributed by atoms with E-state index < -0.39 is 0 Å². The fraction of sp³-hybridized carbons (Fsp3) is 0.231. The van der Waals surface area contributed by atoms with Crippen LogP contribution < -0.4 is 5.73 Å². The first-order chi connectivity index (χ1) is 8.58. The van der Waals surface area contributed by atoms with Crippen molar-refractivity contribution in [3.05, 3.63) is 46.5 Å². The number of anilines is 1. The first-order valence-corrected chi connectivity index (χ1v) is 6.41. The maximum absolute atomic E-state index is 12.0. The summed E-state index contributed by atoms with van der Waals surface area (Å²) in [5.41, 5.74) is 6.99. The molecule has 0 aliphatic carbocycles. The van der Waals surface area contributed by atoms with Crippen LogP contribution in [0.4, 0.5) is 5.69 Å². The lowest BCUT2D eigenvalue weighted by atomic mass is 10.1.